The fourth-order valence-electron chi connectivity index (χ4n) is 9.72. The molecule has 0 bridgehead atoms. The van der Waals surface area contributed by atoms with E-state index in [-0.39, 0.29) is 25.7 Å². The van der Waals surface area contributed by atoms with Gasteiger partial charge in [-0.15, -0.1) is 0 Å². The van der Waals surface area contributed by atoms with Crippen molar-refractivity contribution >= 4 is 39.5 Å². The first-order chi connectivity index (χ1) is 40.7. The van der Waals surface area contributed by atoms with Gasteiger partial charge >= 0.3 is 39.5 Å². The van der Waals surface area contributed by atoms with Crippen LogP contribution in [0.4, 0.5) is 0 Å². The molecule has 0 amide bonds. The van der Waals surface area contributed by atoms with Gasteiger partial charge in [-0.25, -0.2) is 9.13 Å². The average Bonchev–Trinajstić information content (AvgIpc) is 3.58. The van der Waals surface area contributed by atoms with Crippen LogP contribution in [-0.4, -0.2) is 96.7 Å². The highest BCUT2D eigenvalue weighted by Gasteiger charge is 2.30. The van der Waals surface area contributed by atoms with Crippen molar-refractivity contribution in [1.29, 1.82) is 0 Å². The lowest BCUT2D eigenvalue weighted by molar-refractivity contribution is -0.161. The maximum Gasteiger partial charge on any atom is 0.472 e. The smallest absolute Gasteiger partial charge is 0.462 e. The fraction of sp³-hybridized carbons (Fsp3) is 0.939. The largest absolute Gasteiger partial charge is 0.472 e. The van der Waals surface area contributed by atoms with Gasteiger partial charge < -0.3 is 33.8 Å². The van der Waals surface area contributed by atoms with E-state index >= 15 is 0 Å². The van der Waals surface area contributed by atoms with Crippen molar-refractivity contribution < 1.29 is 80.2 Å². The molecule has 0 spiro atoms. The first kappa shape index (κ1) is 83.1. The zero-order chi connectivity index (χ0) is 63.2. The second kappa shape index (κ2) is 56.1. The molecule has 504 valence electrons. The van der Waals surface area contributed by atoms with Gasteiger partial charge in [0.2, 0.25) is 0 Å². The van der Waals surface area contributed by atoms with Gasteiger partial charge in [-0.05, 0) is 49.4 Å². The maximum atomic E-state index is 13.0. The predicted octanol–water partition coefficient (Wildman–Crippen LogP) is 18.1. The number of hydrogen-bond acceptors (Lipinski definition) is 15. The van der Waals surface area contributed by atoms with Gasteiger partial charge in [-0.2, -0.15) is 0 Å². The number of phosphoric ester groups is 2. The number of carbonyl (C=O) groups is 4. The molecule has 19 heteroatoms. The quantitative estimate of drug-likeness (QED) is 0.0222. The van der Waals surface area contributed by atoms with Crippen molar-refractivity contribution in [3.8, 4) is 0 Å². The van der Waals surface area contributed by atoms with Crippen molar-refractivity contribution in [2.75, 3.05) is 39.6 Å². The van der Waals surface area contributed by atoms with E-state index in [9.17, 15) is 43.2 Å². The fourth-order valence-corrected chi connectivity index (χ4v) is 11.3. The van der Waals surface area contributed by atoms with Crippen LogP contribution in [0.2, 0.25) is 0 Å². The number of unbranched alkanes of at least 4 members (excludes halogenated alkanes) is 27. The van der Waals surface area contributed by atoms with Crippen LogP contribution in [0, 0.1) is 23.7 Å². The minimum Gasteiger partial charge on any atom is -0.462 e. The molecule has 17 nitrogen and oxygen atoms in total. The Morgan fingerprint density at radius 3 is 0.835 bits per heavy atom. The molecular formula is C66H128O17P2. The highest BCUT2D eigenvalue weighted by Crippen LogP contribution is 2.45. The Hall–Kier alpha value is -1.94. The molecule has 0 rings (SSSR count). The molecule has 85 heavy (non-hydrogen) atoms. The second-order valence-electron chi connectivity index (χ2n) is 25.3. The monoisotopic (exact) mass is 1250 g/mol. The first-order valence-electron chi connectivity index (χ1n) is 34.3. The molecule has 0 heterocycles. The topological polar surface area (TPSA) is 237 Å². The molecule has 7 atom stereocenters. The van der Waals surface area contributed by atoms with Gasteiger partial charge in [0.05, 0.1) is 26.4 Å². The Balaban J connectivity index is 5.20. The lowest BCUT2D eigenvalue weighted by Crippen LogP contribution is -2.30. The van der Waals surface area contributed by atoms with E-state index in [1.165, 1.54) is 116 Å². The highest BCUT2D eigenvalue weighted by atomic mass is 31.2. The Morgan fingerprint density at radius 1 is 0.329 bits per heavy atom. The second-order valence-corrected chi connectivity index (χ2v) is 28.2. The van der Waals surface area contributed by atoms with E-state index in [4.69, 9.17) is 37.0 Å². The summed E-state index contributed by atoms with van der Waals surface area (Å²) in [6.07, 6.45) is 36.5. The minimum absolute atomic E-state index is 0.101. The molecular weight excluding hydrogens is 1130 g/mol. The van der Waals surface area contributed by atoms with Crippen molar-refractivity contribution in [2.24, 2.45) is 23.7 Å². The molecule has 0 saturated carbocycles. The number of esters is 4. The van der Waals surface area contributed by atoms with Gasteiger partial charge in [0.25, 0.3) is 0 Å². The van der Waals surface area contributed by atoms with Gasteiger partial charge in [-0.1, -0.05) is 267 Å². The van der Waals surface area contributed by atoms with Gasteiger partial charge in [0, 0.05) is 25.7 Å². The van der Waals surface area contributed by atoms with Crippen LogP contribution in [-0.2, 0) is 65.4 Å². The molecule has 3 N–H and O–H groups in total. The molecule has 0 aliphatic rings. The lowest BCUT2D eigenvalue weighted by Gasteiger charge is -2.21. The summed E-state index contributed by atoms with van der Waals surface area (Å²) in [4.78, 5) is 72.3. The minimum atomic E-state index is -4.95. The van der Waals surface area contributed by atoms with Crippen molar-refractivity contribution in [1.82, 2.24) is 0 Å². The predicted molar refractivity (Wildman–Crippen MR) is 340 cm³/mol. The van der Waals surface area contributed by atoms with E-state index in [0.29, 0.717) is 31.6 Å². The lowest BCUT2D eigenvalue weighted by atomic mass is 10.00. The van der Waals surface area contributed by atoms with Gasteiger partial charge in [0.15, 0.2) is 12.2 Å². The number of carbonyl (C=O) groups excluding carboxylic acids is 4. The van der Waals surface area contributed by atoms with Crippen LogP contribution in [0.3, 0.4) is 0 Å². The van der Waals surface area contributed by atoms with E-state index in [0.717, 1.165) is 114 Å². The SMILES string of the molecule is CCC(C)CCCCCCCCC(=O)OC[C@H](COP(=O)(O)OC[C@H](O)COP(=O)(O)OC[C@@H](COC(=O)CCCCCCCCCCCCCCCC(C)C)OC(=O)CCCCCCCCC(C)C)OC(=O)CCCCCCCCC(C)CC. The summed E-state index contributed by atoms with van der Waals surface area (Å²) in [6.45, 7) is 13.9. The van der Waals surface area contributed by atoms with Crippen LogP contribution in [0.25, 0.3) is 0 Å². The number of hydrogen-bond donors (Lipinski definition) is 3. The Kier molecular flexibility index (Phi) is 54.8. The maximum absolute atomic E-state index is 13.0. The summed E-state index contributed by atoms with van der Waals surface area (Å²) in [5.74, 6) is 0.769. The number of phosphoric acid groups is 2. The number of aliphatic hydroxyl groups excluding tert-OH is 1. The molecule has 0 aliphatic carbocycles. The normalized spacial score (nSPS) is 15.0. The third-order valence-electron chi connectivity index (χ3n) is 15.8. The molecule has 4 unspecified atom stereocenters. The van der Waals surface area contributed by atoms with Crippen LogP contribution in [0.5, 0.6) is 0 Å². The molecule has 0 aromatic heterocycles. The summed E-state index contributed by atoms with van der Waals surface area (Å²) in [5.41, 5.74) is 0. The summed E-state index contributed by atoms with van der Waals surface area (Å²) in [6, 6.07) is 0. The van der Waals surface area contributed by atoms with Gasteiger partial charge in [0.1, 0.15) is 19.3 Å². The van der Waals surface area contributed by atoms with Crippen LogP contribution >= 0.6 is 15.6 Å². The molecule has 0 aliphatic heterocycles. The number of aliphatic hydroxyl groups is 1. The van der Waals surface area contributed by atoms with Crippen molar-refractivity contribution in [3.05, 3.63) is 0 Å². The Morgan fingerprint density at radius 2 is 0.565 bits per heavy atom. The van der Waals surface area contributed by atoms with Crippen molar-refractivity contribution in [3.63, 3.8) is 0 Å². The molecule has 0 saturated heterocycles. The van der Waals surface area contributed by atoms with Gasteiger partial charge in [-0.3, -0.25) is 37.3 Å². The average molecular weight is 1260 g/mol. The van der Waals surface area contributed by atoms with E-state index < -0.39 is 97.5 Å². The number of rotatable bonds is 63. The van der Waals surface area contributed by atoms with Crippen LogP contribution < -0.4 is 0 Å². The molecule has 0 aromatic carbocycles. The third-order valence-corrected chi connectivity index (χ3v) is 17.7. The van der Waals surface area contributed by atoms with E-state index in [1.807, 2.05) is 0 Å². The highest BCUT2D eigenvalue weighted by molar-refractivity contribution is 7.47. The molecule has 0 radical (unpaired) electrons. The summed E-state index contributed by atoms with van der Waals surface area (Å²) < 4.78 is 68.0. The third kappa shape index (κ3) is 58.2. The van der Waals surface area contributed by atoms with E-state index in [2.05, 4.69) is 55.4 Å². The van der Waals surface area contributed by atoms with E-state index in [1.54, 1.807) is 0 Å². The first-order valence-corrected chi connectivity index (χ1v) is 37.3. The van der Waals surface area contributed by atoms with Crippen molar-refractivity contribution in [2.45, 2.75) is 337 Å². The molecule has 0 fully saturated rings. The summed E-state index contributed by atoms with van der Waals surface area (Å²) in [5, 5.41) is 10.5. The summed E-state index contributed by atoms with van der Waals surface area (Å²) in [7, 11) is -9.89. The zero-order valence-electron chi connectivity index (χ0n) is 55.2. The summed E-state index contributed by atoms with van der Waals surface area (Å²) >= 11 is 0. The number of ether oxygens (including phenoxy) is 4. The van der Waals surface area contributed by atoms with Crippen LogP contribution in [0.15, 0.2) is 0 Å². The zero-order valence-corrected chi connectivity index (χ0v) is 57.0. The molecule has 0 aromatic rings. The standard InChI is InChI=1S/C66H128O17P2/c1-9-58(7)44-36-28-21-24-31-39-47-64(69)77-53-62(83-66(71)49-41-33-25-22-29-37-45-59(8)10-2)55-81-85(74,75)79-51-60(67)50-78-84(72,73)80-54-61(82-65(70)48-40-32-23-20-27-35-43-57(5)6)52-76-63(68)46-38-30-19-17-15-13-11-12-14-16-18-26-34-42-56(3)4/h56-62,67H,9-55H2,1-8H3,(H,72,73)(H,74,75)/t58?,59?,60-,61-,62-/m1/s1. The Bertz CT molecular complexity index is 1700. The van der Waals surface area contributed by atoms with Crippen LogP contribution in [0.1, 0.15) is 319 Å². The Labute approximate surface area is 517 Å².